The van der Waals surface area contributed by atoms with Gasteiger partial charge in [0, 0.05) is 0 Å². The summed E-state index contributed by atoms with van der Waals surface area (Å²) >= 11 is -1.17. The van der Waals surface area contributed by atoms with Gasteiger partial charge < -0.3 is 0 Å². The minimum absolute atomic E-state index is 0.289. The molecule has 0 amide bonds. The molecule has 0 fully saturated rings. The molecule has 0 spiro atoms. The molecule has 1 atom stereocenters. The number of hydrogen-bond acceptors (Lipinski definition) is 0. The van der Waals surface area contributed by atoms with Gasteiger partial charge >= 0.3 is 164 Å². The van der Waals surface area contributed by atoms with Crippen LogP contribution >= 0.6 is 0 Å². The van der Waals surface area contributed by atoms with E-state index in [-0.39, 0.29) is 5.04 Å². The summed E-state index contributed by atoms with van der Waals surface area (Å²) in [6, 6.07) is 7.49. The Kier molecular flexibility index (Phi) is 6.14. The van der Waals surface area contributed by atoms with E-state index in [0.717, 1.165) is 12.8 Å². The van der Waals surface area contributed by atoms with Gasteiger partial charge in [0.05, 0.1) is 0 Å². The van der Waals surface area contributed by atoms with Crippen LogP contribution in [0.4, 0.5) is 0 Å². The zero-order valence-electron chi connectivity index (χ0n) is 18.1. The molecule has 25 heavy (non-hydrogen) atoms. The summed E-state index contributed by atoms with van der Waals surface area (Å²) in [4.78, 5) is 0. The first kappa shape index (κ1) is 20.9. The van der Waals surface area contributed by atoms with Crippen LogP contribution < -0.4 is 5.19 Å². The van der Waals surface area contributed by atoms with Crippen LogP contribution in [-0.2, 0) is 30.7 Å². The molecule has 1 unspecified atom stereocenters. The Morgan fingerprint density at radius 1 is 0.880 bits per heavy atom. The third-order valence-electron chi connectivity index (χ3n) is 7.09. The molecule has 1 aliphatic carbocycles. The predicted molar refractivity (Wildman–Crippen MR) is 113 cm³/mol. The third-order valence-corrected chi connectivity index (χ3v) is 15.3. The Hall–Kier alpha value is -0.369. The van der Waals surface area contributed by atoms with Gasteiger partial charge in [0.25, 0.3) is 0 Å². The van der Waals surface area contributed by atoms with E-state index < -0.39 is 25.9 Å². The first-order valence-corrected chi connectivity index (χ1v) is 16.8. The van der Waals surface area contributed by atoms with Gasteiger partial charge in [-0.25, -0.2) is 0 Å². The first-order chi connectivity index (χ1) is 11.5. The fourth-order valence-electron chi connectivity index (χ4n) is 4.88. The molecule has 137 valence electrons. The molecule has 1 aromatic rings. The summed E-state index contributed by atoms with van der Waals surface area (Å²) in [5.74, 6) is 0. The van der Waals surface area contributed by atoms with Crippen LogP contribution in [0.15, 0.2) is 38.8 Å². The van der Waals surface area contributed by atoms with Gasteiger partial charge in [-0.1, -0.05) is 0 Å². The van der Waals surface area contributed by atoms with Crippen molar-refractivity contribution in [2.24, 2.45) is 0 Å². The number of allylic oxidation sites excluding steroid dienone is 4. The van der Waals surface area contributed by atoms with E-state index in [2.05, 4.69) is 83.3 Å². The SMILES string of the molecule is CCc1cc(CC)cc([Si](C)(C)C2(C)C(C)=C(C)C(C)=[C]2[Ti]([CH3])[CH3])c1. The van der Waals surface area contributed by atoms with Gasteiger partial charge in [0.2, 0.25) is 0 Å². The average Bonchev–Trinajstić information content (AvgIpc) is 2.75. The van der Waals surface area contributed by atoms with Gasteiger partial charge in [-0.05, 0) is 0 Å². The quantitative estimate of drug-likeness (QED) is 0.484. The van der Waals surface area contributed by atoms with Crippen LogP contribution in [-0.4, -0.2) is 8.07 Å². The van der Waals surface area contributed by atoms with Crippen LogP contribution in [0.5, 0.6) is 0 Å². The van der Waals surface area contributed by atoms with E-state index in [1.165, 1.54) is 11.1 Å². The van der Waals surface area contributed by atoms with Crippen molar-refractivity contribution in [2.45, 2.75) is 83.0 Å². The van der Waals surface area contributed by atoms with Crippen molar-refractivity contribution in [2.75, 3.05) is 0 Å². The number of hydrogen-bond donors (Lipinski definition) is 0. The van der Waals surface area contributed by atoms with E-state index in [9.17, 15) is 0 Å². The molecule has 0 saturated carbocycles. The molecular formula is C23H37SiTi. The zero-order valence-corrected chi connectivity index (χ0v) is 20.7. The molecule has 0 bridgehead atoms. The Morgan fingerprint density at radius 2 is 1.36 bits per heavy atom. The molecule has 0 aromatic heterocycles. The Balaban J connectivity index is 2.74. The number of aryl methyl sites for hydroxylation is 2. The summed E-state index contributed by atoms with van der Waals surface area (Å²) in [6.07, 6.45) is 2.27. The van der Waals surface area contributed by atoms with Crippen LogP contribution in [0, 0.1) is 0 Å². The van der Waals surface area contributed by atoms with Gasteiger partial charge in [-0.3, -0.25) is 0 Å². The third kappa shape index (κ3) is 3.22. The van der Waals surface area contributed by atoms with Crippen molar-refractivity contribution in [1.82, 2.24) is 0 Å². The molecule has 0 N–H and O–H groups in total. The van der Waals surface area contributed by atoms with Crippen molar-refractivity contribution in [3.63, 3.8) is 0 Å². The molecule has 0 heterocycles. The normalized spacial score (nSPS) is 21.4. The topological polar surface area (TPSA) is 0 Å². The average molecular weight is 390 g/mol. The number of rotatable bonds is 5. The van der Waals surface area contributed by atoms with Gasteiger partial charge in [0.1, 0.15) is 0 Å². The van der Waals surface area contributed by atoms with Gasteiger partial charge in [0.15, 0.2) is 0 Å². The Labute approximate surface area is 163 Å². The summed E-state index contributed by atoms with van der Waals surface area (Å²) in [5, 5.41) is 7.04. The second kappa shape index (κ2) is 7.33. The molecular weight excluding hydrogens is 352 g/mol. The number of benzene rings is 1. The van der Waals surface area contributed by atoms with Crippen LogP contribution in [0.25, 0.3) is 0 Å². The zero-order chi connectivity index (χ0) is 19.2. The summed E-state index contributed by atoms with van der Waals surface area (Å²) in [6.45, 7) is 19.6. The molecule has 0 radical (unpaired) electrons. The van der Waals surface area contributed by atoms with E-state index in [0.29, 0.717) is 0 Å². The monoisotopic (exact) mass is 389 g/mol. The van der Waals surface area contributed by atoms with E-state index >= 15 is 0 Å². The molecule has 0 aliphatic heterocycles. The molecule has 2 heteroatoms. The Morgan fingerprint density at radius 3 is 1.76 bits per heavy atom. The molecule has 2 rings (SSSR count). The first-order valence-electron chi connectivity index (χ1n) is 9.85. The van der Waals surface area contributed by atoms with Crippen LogP contribution in [0.1, 0.15) is 52.7 Å². The van der Waals surface area contributed by atoms with Crippen molar-refractivity contribution < 1.29 is 17.9 Å². The summed E-state index contributed by atoms with van der Waals surface area (Å²) in [7, 11) is -1.71. The van der Waals surface area contributed by atoms with E-state index in [1.54, 1.807) is 21.9 Å². The van der Waals surface area contributed by atoms with Crippen LogP contribution in [0.2, 0.25) is 28.6 Å². The van der Waals surface area contributed by atoms with Crippen LogP contribution in [0.3, 0.4) is 0 Å². The van der Waals surface area contributed by atoms with Crippen molar-refractivity contribution in [1.29, 1.82) is 0 Å². The second-order valence-corrected chi connectivity index (χ2v) is 17.5. The van der Waals surface area contributed by atoms with Crippen molar-refractivity contribution in [3.8, 4) is 0 Å². The summed E-state index contributed by atoms with van der Waals surface area (Å²) < 4.78 is 1.86. The fraction of sp³-hybridized carbons (Fsp3) is 0.565. The second-order valence-electron chi connectivity index (χ2n) is 8.75. The van der Waals surface area contributed by atoms with E-state index in [4.69, 9.17) is 0 Å². The fourth-order valence-corrected chi connectivity index (χ4v) is 14.3. The van der Waals surface area contributed by atoms with Crippen molar-refractivity contribution in [3.05, 3.63) is 49.9 Å². The maximum absolute atomic E-state index is 2.62. The molecule has 1 aliphatic rings. The molecule has 0 nitrogen and oxygen atoms in total. The van der Waals surface area contributed by atoms with E-state index in [1.807, 2.05) is 3.88 Å². The molecule has 0 saturated heterocycles. The minimum atomic E-state index is -1.71. The van der Waals surface area contributed by atoms with Gasteiger partial charge in [-0.2, -0.15) is 0 Å². The van der Waals surface area contributed by atoms with Gasteiger partial charge in [-0.15, -0.1) is 0 Å². The molecule has 1 aromatic carbocycles. The predicted octanol–water partition coefficient (Wildman–Crippen LogP) is 6.83. The Bertz CT molecular complexity index is 714. The standard InChI is InChI=1S/C21H31Si.2CH3.Ti/c1-9-18-11-19(10-2)13-20(12-18)22(7,8)21(6)14-15(3)16(4)17(21)5;;;/h11-13H,9-10H2,1-8H3;2*1H3;. The van der Waals surface area contributed by atoms with Crippen molar-refractivity contribution >= 4 is 13.3 Å². The summed E-state index contributed by atoms with van der Waals surface area (Å²) in [5.41, 5.74) is 7.89. The maximum atomic E-state index is 2.62.